The normalized spacial score (nSPS) is 12.4. The van der Waals surface area contributed by atoms with E-state index in [0.717, 1.165) is 6.42 Å². The van der Waals surface area contributed by atoms with Gasteiger partial charge in [0, 0.05) is 13.0 Å². The summed E-state index contributed by atoms with van der Waals surface area (Å²) in [5, 5.41) is 9.83. The van der Waals surface area contributed by atoms with E-state index in [-0.39, 0.29) is 6.42 Å². The number of hydrogen-bond donors (Lipinski definition) is 1. The number of halogens is 2. The van der Waals surface area contributed by atoms with Crippen molar-refractivity contribution < 1.29 is 14.6 Å². The molecule has 0 spiro atoms. The molecule has 1 atom stereocenters. The molecule has 0 heterocycles. The topological polar surface area (TPSA) is 46.5 Å². The van der Waals surface area contributed by atoms with E-state index in [4.69, 9.17) is 33.0 Å². The predicted molar refractivity (Wildman–Crippen MR) is 67.8 cm³/mol. The first-order chi connectivity index (χ1) is 8.06. The van der Waals surface area contributed by atoms with Crippen molar-refractivity contribution in [1.82, 2.24) is 0 Å². The first kappa shape index (κ1) is 14.3. The second-order valence-electron chi connectivity index (χ2n) is 3.61. The third-order valence-electron chi connectivity index (χ3n) is 2.24. The number of hydrogen-bond acceptors (Lipinski definition) is 2. The average molecular weight is 277 g/mol. The minimum Gasteiger partial charge on any atom is -0.479 e. The molecule has 1 aromatic rings. The summed E-state index contributed by atoms with van der Waals surface area (Å²) in [5.41, 5.74) is 0.683. The van der Waals surface area contributed by atoms with Gasteiger partial charge >= 0.3 is 5.97 Å². The predicted octanol–water partition coefficient (Wildman–Crippen LogP) is 3.42. The lowest BCUT2D eigenvalue weighted by Gasteiger charge is -2.14. The van der Waals surface area contributed by atoms with E-state index >= 15 is 0 Å². The summed E-state index contributed by atoms with van der Waals surface area (Å²) in [6.45, 7) is 2.33. The smallest absolute Gasteiger partial charge is 0.333 e. The van der Waals surface area contributed by atoms with Gasteiger partial charge in [0.05, 0.1) is 10.0 Å². The van der Waals surface area contributed by atoms with E-state index in [1.165, 1.54) is 0 Å². The summed E-state index contributed by atoms with van der Waals surface area (Å²) in [5.74, 6) is -0.991. The summed E-state index contributed by atoms with van der Waals surface area (Å²) >= 11 is 11.9. The highest BCUT2D eigenvalue weighted by molar-refractivity contribution is 6.42. The van der Waals surface area contributed by atoms with Crippen LogP contribution in [-0.4, -0.2) is 23.8 Å². The van der Waals surface area contributed by atoms with Crippen molar-refractivity contribution in [3.8, 4) is 0 Å². The second kappa shape index (κ2) is 6.84. The van der Waals surface area contributed by atoms with Crippen molar-refractivity contribution in [2.75, 3.05) is 6.61 Å². The maximum atomic E-state index is 11.0. The van der Waals surface area contributed by atoms with Gasteiger partial charge in [-0.3, -0.25) is 0 Å². The maximum absolute atomic E-state index is 11.0. The van der Waals surface area contributed by atoms with Crippen LogP contribution in [0.4, 0.5) is 0 Å². The summed E-state index contributed by atoms with van der Waals surface area (Å²) in [6.07, 6.45) is 0.104. The molecule has 94 valence electrons. The fraction of sp³-hybridized carbons (Fsp3) is 0.417. The molecule has 3 nitrogen and oxygen atoms in total. The van der Waals surface area contributed by atoms with Crippen LogP contribution in [0, 0.1) is 0 Å². The van der Waals surface area contributed by atoms with E-state index in [1.54, 1.807) is 18.2 Å². The zero-order chi connectivity index (χ0) is 12.8. The first-order valence-corrected chi connectivity index (χ1v) is 6.09. The fourth-order valence-electron chi connectivity index (χ4n) is 1.38. The first-order valence-electron chi connectivity index (χ1n) is 5.33. The van der Waals surface area contributed by atoms with Crippen LogP contribution < -0.4 is 0 Å². The quantitative estimate of drug-likeness (QED) is 0.866. The van der Waals surface area contributed by atoms with Crippen LogP contribution in [0.15, 0.2) is 18.2 Å². The molecule has 0 unspecified atom stereocenters. The molecule has 0 aliphatic carbocycles. The molecule has 0 saturated heterocycles. The van der Waals surface area contributed by atoms with Crippen LogP contribution >= 0.6 is 23.2 Å². The van der Waals surface area contributed by atoms with Gasteiger partial charge in [0.1, 0.15) is 0 Å². The molecule has 0 amide bonds. The molecule has 0 bridgehead atoms. The monoisotopic (exact) mass is 276 g/mol. The van der Waals surface area contributed by atoms with E-state index in [0.29, 0.717) is 22.2 Å². The van der Waals surface area contributed by atoms with Gasteiger partial charge in [0.2, 0.25) is 0 Å². The van der Waals surface area contributed by atoms with Gasteiger partial charge in [-0.2, -0.15) is 0 Å². The molecule has 5 heteroatoms. The van der Waals surface area contributed by atoms with Gasteiger partial charge in [-0.1, -0.05) is 42.3 Å². The third kappa shape index (κ3) is 4.19. The zero-order valence-electron chi connectivity index (χ0n) is 9.45. The molecule has 0 fully saturated rings. The SMILES string of the molecule is CCCO[C@H](Cc1cccc(Cl)c1Cl)C(=O)O. The number of carbonyl (C=O) groups is 1. The van der Waals surface area contributed by atoms with Crippen LogP contribution in [0.25, 0.3) is 0 Å². The van der Waals surface area contributed by atoms with E-state index in [2.05, 4.69) is 0 Å². The molecule has 0 saturated carbocycles. The molecule has 17 heavy (non-hydrogen) atoms. The summed E-state index contributed by atoms with van der Waals surface area (Å²) < 4.78 is 5.25. The van der Waals surface area contributed by atoms with Crippen molar-refractivity contribution in [2.45, 2.75) is 25.9 Å². The lowest BCUT2D eigenvalue weighted by Crippen LogP contribution is -2.26. The Morgan fingerprint density at radius 2 is 2.18 bits per heavy atom. The third-order valence-corrected chi connectivity index (χ3v) is 3.09. The molecular weight excluding hydrogens is 263 g/mol. The number of carboxylic acid groups (broad SMARTS) is 1. The summed E-state index contributed by atoms with van der Waals surface area (Å²) in [6, 6.07) is 5.15. The van der Waals surface area contributed by atoms with Gasteiger partial charge in [-0.05, 0) is 18.1 Å². The van der Waals surface area contributed by atoms with Crippen LogP contribution in [0.1, 0.15) is 18.9 Å². The highest BCUT2D eigenvalue weighted by atomic mass is 35.5. The average Bonchev–Trinajstić information content (AvgIpc) is 2.29. The van der Waals surface area contributed by atoms with E-state index < -0.39 is 12.1 Å². The van der Waals surface area contributed by atoms with Crippen molar-refractivity contribution >= 4 is 29.2 Å². The molecular formula is C12H14Cl2O3. The Morgan fingerprint density at radius 3 is 2.76 bits per heavy atom. The van der Waals surface area contributed by atoms with Gasteiger partial charge in [0.15, 0.2) is 6.10 Å². The lowest BCUT2D eigenvalue weighted by molar-refractivity contribution is -0.150. The molecule has 1 aromatic carbocycles. The highest BCUT2D eigenvalue weighted by Gasteiger charge is 2.20. The van der Waals surface area contributed by atoms with Gasteiger partial charge < -0.3 is 9.84 Å². The molecule has 1 rings (SSSR count). The Bertz CT molecular complexity index is 393. The maximum Gasteiger partial charge on any atom is 0.333 e. The zero-order valence-corrected chi connectivity index (χ0v) is 11.0. The summed E-state index contributed by atoms with van der Waals surface area (Å²) in [4.78, 5) is 11.0. The van der Waals surface area contributed by atoms with Crippen LogP contribution in [0.3, 0.4) is 0 Å². The van der Waals surface area contributed by atoms with Crippen molar-refractivity contribution in [2.24, 2.45) is 0 Å². The fourth-order valence-corrected chi connectivity index (χ4v) is 1.78. The highest BCUT2D eigenvalue weighted by Crippen LogP contribution is 2.26. The Labute approximate surface area is 110 Å². The van der Waals surface area contributed by atoms with Crippen LogP contribution in [-0.2, 0) is 16.0 Å². The molecule has 1 N–H and O–H groups in total. The van der Waals surface area contributed by atoms with Crippen molar-refractivity contribution in [3.63, 3.8) is 0 Å². The number of benzene rings is 1. The Kier molecular flexibility index (Phi) is 5.75. The number of ether oxygens (including phenoxy) is 1. The van der Waals surface area contributed by atoms with Gasteiger partial charge in [-0.25, -0.2) is 4.79 Å². The van der Waals surface area contributed by atoms with Gasteiger partial charge in [-0.15, -0.1) is 0 Å². The molecule has 0 aliphatic rings. The second-order valence-corrected chi connectivity index (χ2v) is 4.40. The Balaban J connectivity index is 2.78. The molecule has 0 aliphatic heterocycles. The Hall–Kier alpha value is -0.770. The van der Waals surface area contributed by atoms with Crippen molar-refractivity contribution in [3.05, 3.63) is 33.8 Å². The largest absolute Gasteiger partial charge is 0.479 e. The molecule has 0 aromatic heterocycles. The van der Waals surface area contributed by atoms with E-state index in [1.807, 2.05) is 6.92 Å². The molecule has 0 radical (unpaired) electrons. The van der Waals surface area contributed by atoms with Crippen LogP contribution in [0.2, 0.25) is 10.0 Å². The van der Waals surface area contributed by atoms with E-state index in [9.17, 15) is 4.79 Å². The van der Waals surface area contributed by atoms with Crippen molar-refractivity contribution in [1.29, 1.82) is 0 Å². The van der Waals surface area contributed by atoms with Crippen LogP contribution in [0.5, 0.6) is 0 Å². The number of carboxylic acids is 1. The Morgan fingerprint density at radius 1 is 1.47 bits per heavy atom. The number of rotatable bonds is 6. The minimum atomic E-state index is -0.991. The van der Waals surface area contributed by atoms with Gasteiger partial charge in [0.25, 0.3) is 0 Å². The lowest BCUT2D eigenvalue weighted by atomic mass is 10.1. The standard InChI is InChI=1S/C12H14Cl2O3/c1-2-6-17-10(12(15)16)7-8-4-3-5-9(13)11(8)14/h3-5,10H,2,6-7H2,1H3,(H,15,16)/t10-/m1/s1. The minimum absolute atomic E-state index is 0.217. The number of aliphatic carboxylic acids is 1. The summed E-state index contributed by atoms with van der Waals surface area (Å²) in [7, 11) is 0.